The summed E-state index contributed by atoms with van der Waals surface area (Å²) in [6.07, 6.45) is 0. The predicted molar refractivity (Wildman–Crippen MR) is 215 cm³/mol. The Kier molecular flexibility index (Phi) is 2.41. The second-order valence-corrected chi connectivity index (χ2v) is 11.0. The molecule has 0 aliphatic carbocycles. The molecule has 3 heterocycles. The molecule has 0 fully saturated rings. The summed E-state index contributed by atoms with van der Waals surface area (Å²) in [6.45, 7) is 0. The monoisotopic (exact) mass is 680 g/mol. The smallest absolute Gasteiger partial charge is 0.0652 e. The van der Waals surface area contributed by atoms with Crippen molar-refractivity contribution in [3.8, 4) is 28.2 Å². The van der Waals surface area contributed by atoms with Gasteiger partial charge in [-0.3, -0.25) is 0 Å². The highest BCUT2D eigenvalue weighted by molar-refractivity contribution is 6.14. The molecule has 0 atom stereocenters. The van der Waals surface area contributed by atoms with Crippen LogP contribution in [0.3, 0.4) is 0 Å². The van der Waals surface area contributed by atoms with E-state index in [0.717, 1.165) is 9.13 Å². The number of hydrogen-bond donors (Lipinski definition) is 0. The number of nitrogens with zero attached hydrogens (tertiary/aromatic N) is 3. The summed E-state index contributed by atoms with van der Waals surface area (Å²) in [5.41, 5.74) is -8.75. The fraction of sp³-hybridized carbons (Fsp3) is 0. The van der Waals surface area contributed by atoms with Crippen molar-refractivity contribution in [2.45, 2.75) is 0 Å². The Morgan fingerprint density at radius 1 is 0.255 bits per heavy atom. The molecular formula is C48H31N3. The third-order valence-electron chi connectivity index (χ3n) is 8.35. The van der Waals surface area contributed by atoms with Crippen molar-refractivity contribution in [3.05, 3.63) is 187 Å². The highest BCUT2D eigenvalue weighted by Gasteiger charge is 2.19. The first kappa shape index (κ1) is 11.3. The molecule has 0 saturated heterocycles. The molecule has 238 valence electrons. The normalized spacial score (nSPS) is 20.4. The highest BCUT2D eigenvalue weighted by Crippen LogP contribution is 2.39. The minimum Gasteiger partial charge on any atom is -0.309 e. The first-order valence-electron chi connectivity index (χ1n) is 30.5. The summed E-state index contributed by atoms with van der Waals surface area (Å²) in [6, 6.07) is -29.9. The van der Waals surface area contributed by atoms with E-state index in [-0.39, 0.29) is 0 Å². The van der Waals surface area contributed by atoms with E-state index in [2.05, 4.69) is 0 Å². The van der Waals surface area contributed by atoms with Gasteiger partial charge in [0.1, 0.15) is 0 Å². The summed E-state index contributed by atoms with van der Waals surface area (Å²) < 4.78 is 283. The third kappa shape index (κ3) is 4.12. The molecular weight excluding hydrogens is 619 g/mol. The molecule has 0 aliphatic rings. The first-order valence-corrected chi connectivity index (χ1v) is 15.0. The average molecular weight is 681 g/mol. The van der Waals surface area contributed by atoms with Gasteiger partial charge >= 0.3 is 0 Å². The fourth-order valence-electron chi connectivity index (χ4n) is 6.27. The van der Waals surface area contributed by atoms with Gasteiger partial charge < -0.3 is 13.7 Å². The SMILES string of the molecule is [2H]c1c([2H])c([2H])c(-c2c([2H])c([2H])c([2H])c(-n3c4c([2H])c([2H])c(-n5c6c([2H])c([2H])c([2H])c([2H])c6c6c([2H])c([2H])c([2H])c([2H])c65)c([2H])c4c4c([2H])c(-n5c6c([2H])c([2H])c([2H])c([2H])c6c6c([2H])c([2H])c([2H])c([2H])c65)c([2H])c([2H])c43)c2[2H])c([2H])c1[2H]. The molecule has 0 unspecified atom stereocenters. The first-order chi connectivity index (χ1) is 38.2. The van der Waals surface area contributed by atoms with Gasteiger partial charge in [0.2, 0.25) is 0 Å². The number of fused-ring (bicyclic) bond motifs is 9. The van der Waals surface area contributed by atoms with E-state index in [1.165, 1.54) is 0 Å². The minimum atomic E-state index is -1.12. The average Bonchev–Trinajstić information content (AvgIpc) is 3.28. The van der Waals surface area contributed by atoms with E-state index in [1.54, 1.807) is 0 Å². The molecule has 0 N–H and O–H groups in total. The van der Waals surface area contributed by atoms with Crippen molar-refractivity contribution in [3.63, 3.8) is 0 Å². The van der Waals surface area contributed by atoms with Crippen molar-refractivity contribution < 1.29 is 42.5 Å². The van der Waals surface area contributed by atoms with E-state index in [9.17, 15) is 16.4 Å². The predicted octanol–water partition coefficient (Wildman–Crippen LogP) is 12.6. The Labute approximate surface area is 338 Å². The number of rotatable bonds is 4. The fourth-order valence-corrected chi connectivity index (χ4v) is 6.27. The highest BCUT2D eigenvalue weighted by atomic mass is 15.0. The topological polar surface area (TPSA) is 14.8 Å². The maximum absolute atomic E-state index is 10.3. The molecule has 0 bridgehead atoms. The molecule has 8 aromatic carbocycles. The van der Waals surface area contributed by atoms with Crippen LogP contribution in [0, 0.1) is 0 Å². The molecule has 3 heteroatoms. The van der Waals surface area contributed by atoms with E-state index < -0.39 is 281 Å². The number of hydrogen-bond acceptors (Lipinski definition) is 0. The standard InChI is InChI=1S/C48H31N3/c1-2-13-32(14-3-1)33-15-12-16-34(29-33)49-47-27-25-35(50-43-21-8-4-17-37(43)38-18-5-9-22-44(38)50)30-41(47)42-31-36(26-28-48(42)49)51-45-23-10-6-19-39(45)40-20-7-11-24-46(40)51/h1-31H/i1D,2D,3D,4D,5D,6D,7D,8D,9D,10D,11D,12D,13D,14D,15D,16D,17D,18D,19D,20D,21D,22D,23D,24D,25D,26D,27D,28D,29D,30D,31D. The van der Waals surface area contributed by atoms with Gasteiger partial charge in [-0.2, -0.15) is 0 Å². The van der Waals surface area contributed by atoms with Crippen molar-refractivity contribution in [1.29, 1.82) is 0 Å². The van der Waals surface area contributed by atoms with E-state index in [0.29, 0.717) is 4.57 Å². The van der Waals surface area contributed by atoms with Gasteiger partial charge in [-0.25, -0.2) is 0 Å². The van der Waals surface area contributed by atoms with Crippen molar-refractivity contribution >= 4 is 65.4 Å². The van der Waals surface area contributed by atoms with Crippen LogP contribution in [0.2, 0.25) is 0 Å². The molecule has 11 rings (SSSR count). The Morgan fingerprint density at radius 2 is 0.608 bits per heavy atom. The number of para-hydroxylation sites is 4. The van der Waals surface area contributed by atoms with E-state index in [1.807, 2.05) is 0 Å². The Bertz CT molecular complexity index is 4510. The van der Waals surface area contributed by atoms with Crippen LogP contribution < -0.4 is 0 Å². The number of aromatic nitrogens is 3. The van der Waals surface area contributed by atoms with Gasteiger partial charge in [0.15, 0.2) is 0 Å². The van der Waals surface area contributed by atoms with E-state index >= 15 is 0 Å². The molecule has 0 saturated carbocycles. The van der Waals surface area contributed by atoms with Crippen LogP contribution in [0.25, 0.3) is 93.6 Å². The van der Waals surface area contributed by atoms with E-state index in [4.69, 9.17) is 26.0 Å². The second-order valence-electron chi connectivity index (χ2n) is 11.0. The summed E-state index contributed by atoms with van der Waals surface area (Å²) >= 11 is 0. The van der Waals surface area contributed by atoms with Gasteiger partial charge in [0, 0.05) is 49.4 Å². The van der Waals surface area contributed by atoms with Crippen LogP contribution in [0.15, 0.2) is 187 Å². The zero-order valence-corrected chi connectivity index (χ0v) is 25.3. The lowest BCUT2D eigenvalue weighted by Crippen LogP contribution is -1.96. The van der Waals surface area contributed by atoms with Gasteiger partial charge in [-0.15, -0.1) is 0 Å². The molecule has 0 amide bonds. The molecule has 3 nitrogen and oxygen atoms in total. The summed E-state index contributed by atoms with van der Waals surface area (Å²) in [5, 5.41) is -3.72. The minimum absolute atomic E-state index is 0.534. The summed E-state index contributed by atoms with van der Waals surface area (Å²) in [4.78, 5) is 0. The molecule has 0 aliphatic heterocycles. The lowest BCUT2D eigenvalue weighted by Gasteiger charge is -2.12. The molecule has 11 aromatic rings. The van der Waals surface area contributed by atoms with Crippen molar-refractivity contribution in [1.82, 2.24) is 13.7 Å². The van der Waals surface area contributed by atoms with Crippen LogP contribution in [0.5, 0.6) is 0 Å². The molecule has 3 aromatic heterocycles. The summed E-state index contributed by atoms with van der Waals surface area (Å²) in [7, 11) is 0. The molecule has 0 spiro atoms. The van der Waals surface area contributed by atoms with Crippen molar-refractivity contribution in [2.24, 2.45) is 0 Å². The maximum Gasteiger partial charge on any atom is 0.0652 e. The Hall–Kier alpha value is -6.84. The largest absolute Gasteiger partial charge is 0.309 e. The van der Waals surface area contributed by atoms with Crippen LogP contribution in [-0.4, -0.2) is 13.7 Å². The molecule has 51 heavy (non-hydrogen) atoms. The zero-order valence-electron chi connectivity index (χ0n) is 56.3. The maximum atomic E-state index is 10.3. The van der Waals surface area contributed by atoms with Crippen LogP contribution in [0.4, 0.5) is 0 Å². The van der Waals surface area contributed by atoms with Gasteiger partial charge in [0.05, 0.1) is 75.6 Å². The van der Waals surface area contributed by atoms with Gasteiger partial charge in [-0.05, 0) is 83.6 Å². The van der Waals surface area contributed by atoms with Crippen LogP contribution in [0.1, 0.15) is 42.5 Å². The molecule has 0 radical (unpaired) electrons. The van der Waals surface area contributed by atoms with Gasteiger partial charge in [0.25, 0.3) is 0 Å². The van der Waals surface area contributed by atoms with Crippen LogP contribution >= 0.6 is 0 Å². The lowest BCUT2D eigenvalue weighted by molar-refractivity contribution is 1.16. The zero-order chi connectivity index (χ0) is 60.4. The Morgan fingerprint density at radius 3 is 1.06 bits per heavy atom. The Balaban J connectivity index is 1.47. The van der Waals surface area contributed by atoms with Gasteiger partial charge in [-0.1, -0.05) is 115 Å². The third-order valence-corrected chi connectivity index (χ3v) is 8.35. The quantitative estimate of drug-likeness (QED) is 0.176. The second kappa shape index (κ2) is 10.8. The summed E-state index contributed by atoms with van der Waals surface area (Å²) in [5.74, 6) is 0. The van der Waals surface area contributed by atoms with Crippen molar-refractivity contribution in [2.75, 3.05) is 0 Å². The number of benzene rings is 8. The van der Waals surface area contributed by atoms with Crippen LogP contribution in [-0.2, 0) is 0 Å². The lowest BCUT2D eigenvalue weighted by atomic mass is 10.1.